The van der Waals surface area contributed by atoms with Crippen LogP contribution in [0.25, 0.3) is 10.1 Å². The van der Waals surface area contributed by atoms with Crippen molar-refractivity contribution in [2.24, 2.45) is 0 Å². The van der Waals surface area contributed by atoms with Crippen molar-refractivity contribution in [2.75, 3.05) is 0 Å². The molecule has 2 rings (SSSR count). The first-order valence-electron chi connectivity index (χ1n) is 4.59. The molecule has 1 aromatic carbocycles. The van der Waals surface area contributed by atoms with E-state index in [2.05, 4.69) is 0 Å². The van der Waals surface area contributed by atoms with Crippen LogP contribution in [-0.4, -0.2) is 0 Å². The Balaban J connectivity index is 2.58. The van der Waals surface area contributed by atoms with Gasteiger partial charge in [0, 0.05) is 4.70 Å². The van der Waals surface area contributed by atoms with E-state index in [-0.39, 0.29) is 0 Å². The van der Waals surface area contributed by atoms with Crippen LogP contribution in [0.4, 0.5) is 13.2 Å². The molecule has 80 valence electrons. The Morgan fingerprint density at radius 2 is 2.00 bits per heavy atom. The lowest BCUT2D eigenvalue weighted by Gasteiger charge is -2.06. The van der Waals surface area contributed by atoms with Gasteiger partial charge >= 0.3 is 6.18 Å². The summed E-state index contributed by atoms with van der Waals surface area (Å²) in [7, 11) is 0. The number of halogens is 3. The third-order valence-corrected chi connectivity index (χ3v) is 3.36. The highest BCUT2D eigenvalue weighted by Crippen LogP contribution is 2.34. The molecule has 0 amide bonds. The van der Waals surface area contributed by atoms with Crippen molar-refractivity contribution in [1.29, 1.82) is 0 Å². The van der Waals surface area contributed by atoms with E-state index >= 15 is 0 Å². The van der Waals surface area contributed by atoms with Crippen molar-refractivity contribution < 1.29 is 13.2 Å². The van der Waals surface area contributed by atoms with Crippen LogP contribution in [-0.2, 0) is 12.6 Å². The van der Waals surface area contributed by atoms with Gasteiger partial charge in [-0.3, -0.25) is 0 Å². The summed E-state index contributed by atoms with van der Waals surface area (Å²) in [6.45, 7) is 2.00. The van der Waals surface area contributed by atoms with E-state index in [0.29, 0.717) is 4.70 Å². The Morgan fingerprint density at radius 3 is 2.60 bits per heavy atom. The van der Waals surface area contributed by atoms with Gasteiger partial charge in [-0.05, 0) is 34.9 Å². The number of alkyl halides is 3. The van der Waals surface area contributed by atoms with Crippen LogP contribution in [0.2, 0.25) is 0 Å². The van der Waals surface area contributed by atoms with E-state index in [9.17, 15) is 13.2 Å². The molecule has 0 bridgehead atoms. The van der Waals surface area contributed by atoms with Crippen LogP contribution < -0.4 is 0 Å². The fourth-order valence-electron chi connectivity index (χ4n) is 1.53. The lowest BCUT2D eigenvalue weighted by atomic mass is 10.1. The van der Waals surface area contributed by atoms with E-state index in [4.69, 9.17) is 0 Å². The number of thiophene rings is 1. The Hall–Kier alpha value is -1.03. The predicted octanol–water partition coefficient (Wildman–Crippen LogP) is 4.48. The fourth-order valence-corrected chi connectivity index (χ4v) is 2.62. The molecule has 0 saturated heterocycles. The molecule has 0 fully saturated rings. The Morgan fingerprint density at radius 1 is 1.27 bits per heavy atom. The molecule has 0 unspecified atom stereocenters. The summed E-state index contributed by atoms with van der Waals surface area (Å²) in [5.74, 6) is 0. The molecular weight excluding hydrogens is 221 g/mol. The zero-order valence-electron chi connectivity index (χ0n) is 8.06. The van der Waals surface area contributed by atoms with Crippen molar-refractivity contribution in [1.82, 2.24) is 0 Å². The van der Waals surface area contributed by atoms with Crippen molar-refractivity contribution in [3.63, 3.8) is 0 Å². The summed E-state index contributed by atoms with van der Waals surface area (Å²) < 4.78 is 37.9. The molecule has 2 aromatic rings. The Bertz CT molecular complexity index is 482. The van der Waals surface area contributed by atoms with Gasteiger partial charge in [0.2, 0.25) is 0 Å². The highest BCUT2D eigenvalue weighted by Gasteiger charge is 2.30. The summed E-state index contributed by atoms with van der Waals surface area (Å²) in [6, 6.07) is 3.93. The smallest absolute Gasteiger partial charge is 0.166 e. The predicted molar refractivity (Wildman–Crippen MR) is 56.2 cm³/mol. The van der Waals surface area contributed by atoms with Gasteiger partial charge in [0.1, 0.15) is 0 Å². The minimum atomic E-state index is -4.25. The molecule has 15 heavy (non-hydrogen) atoms. The largest absolute Gasteiger partial charge is 0.416 e. The average Bonchev–Trinajstić information content (AvgIpc) is 2.58. The molecule has 0 saturated carbocycles. The number of benzene rings is 1. The number of hydrogen-bond acceptors (Lipinski definition) is 1. The van der Waals surface area contributed by atoms with E-state index in [0.717, 1.165) is 23.4 Å². The van der Waals surface area contributed by atoms with Crippen LogP contribution in [0.1, 0.15) is 18.1 Å². The Labute approximate surface area is 89.3 Å². The van der Waals surface area contributed by atoms with Gasteiger partial charge in [-0.25, -0.2) is 0 Å². The van der Waals surface area contributed by atoms with Crippen LogP contribution in [0.5, 0.6) is 0 Å². The second kappa shape index (κ2) is 3.52. The maximum Gasteiger partial charge on any atom is 0.416 e. The molecule has 1 aromatic heterocycles. The first kappa shape index (κ1) is 10.5. The lowest BCUT2D eigenvalue weighted by molar-refractivity contribution is -0.137. The van der Waals surface area contributed by atoms with Crippen LogP contribution in [0.3, 0.4) is 0 Å². The van der Waals surface area contributed by atoms with Crippen LogP contribution in [0.15, 0.2) is 23.6 Å². The summed E-state index contributed by atoms with van der Waals surface area (Å²) in [4.78, 5) is 0. The van der Waals surface area contributed by atoms with Gasteiger partial charge in [0.15, 0.2) is 0 Å². The van der Waals surface area contributed by atoms with Gasteiger partial charge < -0.3 is 0 Å². The van der Waals surface area contributed by atoms with Gasteiger partial charge in [0.25, 0.3) is 0 Å². The quantitative estimate of drug-likeness (QED) is 0.677. The van der Waals surface area contributed by atoms with Crippen molar-refractivity contribution in [2.45, 2.75) is 19.5 Å². The minimum absolute atomic E-state index is 0.570. The van der Waals surface area contributed by atoms with Gasteiger partial charge in [-0.2, -0.15) is 13.2 Å². The summed E-state index contributed by atoms with van der Waals surface area (Å²) in [6.07, 6.45) is -3.39. The van der Waals surface area contributed by atoms with E-state index in [1.807, 2.05) is 12.3 Å². The zero-order chi connectivity index (χ0) is 11.1. The van der Waals surface area contributed by atoms with E-state index < -0.39 is 11.7 Å². The third-order valence-electron chi connectivity index (χ3n) is 2.36. The summed E-state index contributed by atoms with van der Waals surface area (Å²) in [5, 5.41) is 2.86. The highest BCUT2D eigenvalue weighted by molar-refractivity contribution is 7.17. The molecule has 0 aliphatic heterocycles. The second-order valence-corrected chi connectivity index (χ2v) is 4.23. The van der Waals surface area contributed by atoms with E-state index in [1.54, 1.807) is 6.07 Å². The summed E-state index contributed by atoms with van der Waals surface area (Å²) in [5.41, 5.74) is 0.545. The molecule has 0 spiro atoms. The average molecular weight is 230 g/mol. The standard InChI is InChI=1S/C11H9F3S/c1-2-7-6-15-10-5-8(11(12,13)14)3-4-9(7)10/h3-6H,2H2,1H3. The third kappa shape index (κ3) is 1.86. The van der Waals surface area contributed by atoms with Crippen LogP contribution in [0, 0.1) is 0 Å². The molecule has 0 aliphatic carbocycles. The second-order valence-electron chi connectivity index (χ2n) is 3.32. The maximum absolute atomic E-state index is 12.4. The van der Waals surface area contributed by atoms with Crippen molar-refractivity contribution in [3.05, 3.63) is 34.7 Å². The van der Waals surface area contributed by atoms with Crippen molar-refractivity contribution >= 4 is 21.4 Å². The maximum atomic E-state index is 12.4. The first-order chi connectivity index (χ1) is 7.02. The van der Waals surface area contributed by atoms with Crippen LogP contribution >= 0.6 is 11.3 Å². The lowest BCUT2D eigenvalue weighted by Crippen LogP contribution is -2.03. The van der Waals surface area contributed by atoms with Gasteiger partial charge in [0.05, 0.1) is 5.56 Å². The SMILES string of the molecule is CCc1csc2cc(C(F)(F)F)ccc12. The number of rotatable bonds is 1. The molecule has 1 heterocycles. The van der Waals surface area contributed by atoms with E-state index in [1.165, 1.54) is 17.4 Å². The normalized spacial score (nSPS) is 12.3. The number of aryl methyl sites for hydroxylation is 1. The number of fused-ring (bicyclic) bond motifs is 1. The topological polar surface area (TPSA) is 0 Å². The van der Waals surface area contributed by atoms with Gasteiger partial charge in [-0.1, -0.05) is 13.0 Å². The fraction of sp³-hybridized carbons (Fsp3) is 0.273. The number of hydrogen-bond donors (Lipinski definition) is 0. The first-order valence-corrected chi connectivity index (χ1v) is 5.47. The molecule has 0 nitrogen and oxygen atoms in total. The Kier molecular flexibility index (Phi) is 2.46. The molecule has 0 aliphatic rings. The molecular formula is C11H9F3S. The zero-order valence-corrected chi connectivity index (χ0v) is 8.88. The summed E-state index contributed by atoms with van der Waals surface area (Å²) >= 11 is 1.37. The molecule has 4 heteroatoms. The minimum Gasteiger partial charge on any atom is -0.166 e. The molecule has 0 atom stereocenters. The van der Waals surface area contributed by atoms with Gasteiger partial charge in [-0.15, -0.1) is 11.3 Å². The molecule has 0 N–H and O–H groups in total. The highest BCUT2D eigenvalue weighted by atomic mass is 32.1. The monoisotopic (exact) mass is 230 g/mol. The molecule has 0 radical (unpaired) electrons. The van der Waals surface area contributed by atoms with Crippen molar-refractivity contribution in [3.8, 4) is 0 Å².